The number of aromatic nitrogens is 3. The lowest BCUT2D eigenvalue weighted by molar-refractivity contribution is 0.343. The molecular weight excluding hydrogens is 262 g/mol. The van der Waals surface area contributed by atoms with Gasteiger partial charge in [-0.1, -0.05) is 30.4 Å². The van der Waals surface area contributed by atoms with Gasteiger partial charge in [0.1, 0.15) is 0 Å². The van der Waals surface area contributed by atoms with Crippen molar-refractivity contribution < 1.29 is 5.11 Å². The Morgan fingerprint density at radius 2 is 2.05 bits per heavy atom. The lowest BCUT2D eigenvalue weighted by Crippen LogP contribution is -1.77. The number of nitrogens with one attached hydrogen (secondary N) is 1. The Kier molecular flexibility index (Phi) is 3.89. The van der Waals surface area contributed by atoms with Crippen LogP contribution < -0.4 is 0 Å². The zero-order valence-electron chi connectivity index (χ0n) is 11.4. The average molecular weight is 277 g/mol. The van der Waals surface area contributed by atoms with E-state index < -0.39 is 0 Å². The van der Waals surface area contributed by atoms with Gasteiger partial charge < -0.3 is 5.11 Å². The number of fused-ring (bicyclic) bond motifs is 1. The number of aromatic amines is 1. The molecule has 104 valence electrons. The van der Waals surface area contributed by atoms with Crippen molar-refractivity contribution in [3.8, 4) is 0 Å². The van der Waals surface area contributed by atoms with Gasteiger partial charge >= 0.3 is 0 Å². The molecule has 21 heavy (non-hydrogen) atoms. The number of aliphatic hydroxyl groups excluding tert-OH is 1. The summed E-state index contributed by atoms with van der Waals surface area (Å²) in [6, 6.07) is 9.92. The molecule has 4 nitrogen and oxygen atoms in total. The third-order valence-corrected chi connectivity index (χ3v) is 3.15. The molecule has 0 atom stereocenters. The number of H-pyrrole nitrogens is 1. The van der Waals surface area contributed by atoms with Crippen LogP contribution in [0.5, 0.6) is 0 Å². The molecule has 3 aromatic rings. The maximum atomic E-state index is 8.84. The van der Waals surface area contributed by atoms with Crippen LogP contribution in [0.25, 0.3) is 29.1 Å². The summed E-state index contributed by atoms with van der Waals surface area (Å²) in [6.45, 7) is 0.0389. The summed E-state index contributed by atoms with van der Waals surface area (Å²) in [6.07, 6.45) is 11.1. The number of rotatable bonds is 4. The van der Waals surface area contributed by atoms with Crippen molar-refractivity contribution in [3.05, 3.63) is 65.6 Å². The molecule has 0 aliphatic heterocycles. The third kappa shape index (κ3) is 3.07. The third-order valence-electron chi connectivity index (χ3n) is 3.15. The van der Waals surface area contributed by atoms with E-state index in [4.69, 9.17) is 5.11 Å². The van der Waals surface area contributed by atoms with Crippen molar-refractivity contribution in [1.82, 2.24) is 15.2 Å². The van der Waals surface area contributed by atoms with Crippen molar-refractivity contribution in [1.29, 1.82) is 0 Å². The van der Waals surface area contributed by atoms with Gasteiger partial charge in [0.25, 0.3) is 0 Å². The van der Waals surface area contributed by atoms with Gasteiger partial charge in [-0.3, -0.25) is 10.1 Å². The second-order valence-corrected chi connectivity index (χ2v) is 4.62. The van der Waals surface area contributed by atoms with E-state index in [-0.39, 0.29) is 6.61 Å². The topological polar surface area (TPSA) is 61.8 Å². The van der Waals surface area contributed by atoms with Gasteiger partial charge in [-0.25, -0.2) is 0 Å². The highest BCUT2D eigenvalue weighted by Crippen LogP contribution is 2.20. The molecule has 2 heterocycles. The van der Waals surface area contributed by atoms with Gasteiger partial charge in [-0.2, -0.15) is 5.10 Å². The van der Waals surface area contributed by atoms with Gasteiger partial charge in [0, 0.05) is 17.8 Å². The highest BCUT2D eigenvalue weighted by atomic mass is 16.2. The fraction of sp³-hybridized carbons (Fsp3) is 0.0588. The van der Waals surface area contributed by atoms with E-state index in [0.717, 1.165) is 27.7 Å². The molecule has 4 heteroatoms. The number of hydrogen-bond acceptors (Lipinski definition) is 3. The fourth-order valence-electron chi connectivity index (χ4n) is 2.12. The first-order valence-electron chi connectivity index (χ1n) is 6.70. The predicted molar refractivity (Wildman–Crippen MR) is 85.4 cm³/mol. The molecule has 0 fully saturated rings. The van der Waals surface area contributed by atoms with Crippen LogP contribution in [0.3, 0.4) is 0 Å². The highest BCUT2D eigenvalue weighted by molar-refractivity contribution is 5.90. The molecule has 0 radical (unpaired) electrons. The van der Waals surface area contributed by atoms with Gasteiger partial charge in [0.05, 0.1) is 17.8 Å². The van der Waals surface area contributed by atoms with Gasteiger partial charge in [-0.05, 0) is 35.4 Å². The second kappa shape index (κ2) is 6.15. The van der Waals surface area contributed by atoms with E-state index in [2.05, 4.69) is 15.2 Å². The number of benzene rings is 1. The summed E-state index contributed by atoms with van der Waals surface area (Å²) in [7, 11) is 0. The standard InChI is InChI=1S/C17H15N3O/c21-10-2-4-13-5-7-16-15(11-13)17(20-19-16)8-6-14-3-1-9-18-12-14/h1-9,11-12,21H,10H2,(H,19,20)/b4-2+,8-6?. The van der Waals surface area contributed by atoms with E-state index in [0.29, 0.717) is 0 Å². The molecule has 2 aromatic heterocycles. The van der Waals surface area contributed by atoms with Crippen LogP contribution in [-0.4, -0.2) is 26.9 Å². The van der Waals surface area contributed by atoms with Gasteiger partial charge in [-0.15, -0.1) is 0 Å². The smallest absolute Gasteiger partial charge is 0.0927 e. The van der Waals surface area contributed by atoms with Crippen LogP contribution in [0, 0.1) is 0 Å². The van der Waals surface area contributed by atoms with Crippen LogP contribution in [0.4, 0.5) is 0 Å². The number of nitrogens with zero attached hydrogens (tertiary/aromatic N) is 2. The minimum Gasteiger partial charge on any atom is -0.392 e. The van der Waals surface area contributed by atoms with E-state index >= 15 is 0 Å². The number of hydrogen-bond donors (Lipinski definition) is 2. The summed E-state index contributed by atoms with van der Waals surface area (Å²) < 4.78 is 0. The predicted octanol–water partition coefficient (Wildman–Crippen LogP) is 3.13. The lowest BCUT2D eigenvalue weighted by Gasteiger charge is -1.95. The molecule has 3 rings (SSSR count). The van der Waals surface area contributed by atoms with Crippen LogP contribution in [0.2, 0.25) is 0 Å². The molecule has 0 bridgehead atoms. The molecule has 2 N–H and O–H groups in total. The lowest BCUT2D eigenvalue weighted by atomic mass is 10.1. The molecule has 0 saturated carbocycles. The van der Waals surface area contributed by atoms with Crippen LogP contribution in [-0.2, 0) is 0 Å². The zero-order valence-corrected chi connectivity index (χ0v) is 11.4. The average Bonchev–Trinajstić information content (AvgIpc) is 2.94. The molecule has 0 aliphatic carbocycles. The van der Waals surface area contributed by atoms with Crippen molar-refractivity contribution >= 4 is 29.1 Å². The van der Waals surface area contributed by atoms with E-state index in [9.17, 15) is 0 Å². The van der Waals surface area contributed by atoms with Crippen molar-refractivity contribution in [2.45, 2.75) is 0 Å². The SMILES string of the molecule is OC/C=C/c1ccc2[nH]nc(C=Cc3cccnc3)c2c1. The summed E-state index contributed by atoms with van der Waals surface area (Å²) in [5.41, 5.74) is 3.94. The van der Waals surface area contributed by atoms with Crippen LogP contribution >= 0.6 is 0 Å². The van der Waals surface area contributed by atoms with Gasteiger partial charge in [0.15, 0.2) is 0 Å². The first kappa shape index (κ1) is 13.3. The Hall–Kier alpha value is -2.72. The minimum absolute atomic E-state index is 0.0389. The summed E-state index contributed by atoms with van der Waals surface area (Å²) in [5.74, 6) is 0. The monoisotopic (exact) mass is 277 g/mol. The Labute approximate surface area is 122 Å². The molecule has 0 saturated heterocycles. The Morgan fingerprint density at radius 3 is 2.86 bits per heavy atom. The number of pyridine rings is 1. The first-order valence-corrected chi connectivity index (χ1v) is 6.70. The normalized spacial score (nSPS) is 11.9. The van der Waals surface area contributed by atoms with Crippen molar-refractivity contribution in [2.75, 3.05) is 6.61 Å². The Morgan fingerprint density at radius 1 is 1.10 bits per heavy atom. The van der Waals surface area contributed by atoms with E-state index in [1.54, 1.807) is 18.5 Å². The van der Waals surface area contributed by atoms with Gasteiger partial charge in [0.2, 0.25) is 0 Å². The second-order valence-electron chi connectivity index (χ2n) is 4.62. The molecule has 0 spiro atoms. The molecular formula is C17H15N3O. The highest BCUT2D eigenvalue weighted by Gasteiger charge is 2.03. The van der Waals surface area contributed by atoms with E-state index in [1.807, 2.05) is 48.6 Å². The Bertz CT molecular complexity index is 788. The van der Waals surface area contributed by atoms with Crippen LogP contribution in [0.15, 0.2) is 48.8 Å². The maximum Gasteiger partial charge on any atom is 0.0927 e. The van der Waals surface area contributed by atoms with E-state index in [1.165, 1.54) is 0 Å². The van der Waals surface area contributed by atoms with Crippen molar-refractivity contribution in [3.63, 3.8) is 0 Å². The first-order chi connectivity index (χ1) is 10.4. The fourth-order valence-corrected chi connectivity index (χ4v) is 2.12. The molecule has 1 aromatic carbocycles. The zero-order chi connectivity index (χ0) is 14.5. The molecule has 0 amide bonds. The number of aliphatic hydroxyl groups is 1. The largest absolute Gasteiger partial charge is 0.392 e. The molecule has 0 aliphatic rings. The minimum atomic E-state index is 0.0389. The summed E-state index contributed by atoms with van der Waals surface area (Å²) >= 11 is 0. The summed E-state index contributed by atoms with van der Waals surface area (Å²) in [5, 5.41) is 17.2. The van der Waals surface area contributed by atoms with Crippen LogP contribution in [0.1, 0.15) is 16.8 Å². The molecule has 0 unspecified atom stereocenters. The quantitative estimate of drug-likeness (QED) is 0.770. The Balaban J connectivity index is 1.95. The maximum absolute atomic E-state index is 8.84. The van der Waals surface area contributed by atoms with Crippen molar-refractivity contribution in [2.24, 2.45) is 0 Å². The summed E-state index contributed by atoms with van der Waals surface area (Å²) in [4.78, 5) is 4.08.